The van der Waals surface area contributed by atoms with Crippen LogP contribution in [-0.2, 0) is 11.2 Å². The fourth-order valence-corrected chi connectivity index (χ4v) is 1.83. The third kappa shape index (κ3) is 2.73. The Morgan fingerprint density at radius 1 is 1.21 bits per heavy atom. The number of benzene rings is 1. The highest BCUT2D eigenvalue weighted by atomic mass is 16.4. The van der Waals surface area contributed by atoms with Crippen molar-refractivity contribution in [2.75, 3.05) is 0 Å². The molecule has 0 aliphatic carbocycles. The van der Waals surface area contributed by atoms with E-state index in [1.54, 1.807) is 0 Å². The van der Waals surface area contributed by atoms with Gasteiger partial charge in [0.2, 0.25) is 0 Å². The maximum Gasteiger partial charge on any atom is 0.340 e. The van der Waals surface area contributed by atoms with Crippen LogP contribution in [0.5, 0.6) is 11.5 Å². The standard InChI is InChI=1S/C13H14O6/c1-6(15)3-4-8-11(16)7(2)9(5-14)10(12(8)17)13(18)19/h5,16-17H,3-4H2,1-2H3,(H,18,19). The zero-order chi connectivity index (χ0) is 14.7. The number of hydrogen-bond donors (Lipinski definition) is 3. The molecular weight excluding hydrogens is 252 g/mol. The van der Waals surface area contributed by atoms with Crippen molar-refractivity contribution >= 4 is 18.0 Å². The van der Waals surface area contributed by atoms with Crippen molar-refractivity contribution in [2.45, 2.75) is 26.7 Å². The van der Waals surface area contributed by atoms with E-state index in [2.05, 4.69) is 0 Å². The fourth-order valence-electron chi connectivity index (χ4n) is 1.83. The second-order valence-corrected chi connectivity index (χ2v) is 4.21. The second kappa shape index (κ2) is 5.51. The molecular formula is C13H14O6. The number of carbonyl (C=O) groups is 3. The summed E-state index contributed by atoms with van der Waals surface area (Å²) in [6.07, 6.45) is 0.334. The first kappa shape index (κ1) is 14.7. The molecule has 1 aromatic carbocycles. The van der Waals surface area contributed by atoms with E-state index in [1.807, 2.05) is 0 Å². The largest absolute Gasteiger partial charge is 0.507 e. The molecule has 6 heteroatoms. The van der Waals surface area contributed by atoms with Crippen LogP contribution in [0.1, 0.15) is 45.2 Å². The number of carboxylic acids is 1. The Balaban J connectivity index is 3.52. The number of aldehydes is 1. The van der Waals surface area contributed by atoms with E-state index in [-0.39, 0.29) is 47.4 Å². The van der Waals surface area contributed by atoms with Gasteiger partial charge in [-0.2, -0.15) is 0 Å². The van der Waals surface area contributed by atoms with Gasteiger partial charge in [-0.3, -0.25) is 4.79 Å². The van der Waals surface area contributed by atoms with Crippen molar-refractivity contribution in [1.29, 1.82) is 0 Å². The SMILES string of the molecule is CC(=O)CCc1c(O)c(C)c(C=O)c(C(=O)O)c1O. The Bertz CT molecular complexity index is 559. The van der Waals surface area contributed by atoms with Gasteiger partial charge in [-0.05, 0) is 20.3 Å². The topological polar surface area (TPSA) is 112 Å². The summed E-state index contributed by atoms with van der Waals surface area (Å²) in [5.74, 6) is -2.65. The molecule has 0 aliphatic heterocycles. The van der Waals surface area contributed by atoms with Crippen molar-refractivity contribution in [2.24, 2.45) is 0 Å². The van der Waals surface area contributed by atoms with Crippen LogP contribution in [0.25, 0.3) is 0 Å². The highest BCUT2D eigenvalue weighted by molar-refractivity contribution is 6.02. The van der Waals surface area contributed by atoms with Gasteiger partial charge in [-0.25, -0.2) is 4.79 Å². The molecule has 0 aromatic heterocycles. The van der Waals surface area contributed by atoms with Crippen LogP contribution in [0.2, 0.25) is 0 Å². The number of hydrogen-bond acceptors (Lipinski definition) is 5. The molecule has 0 amide bonds. The summed E-state index contributed by atoms with van der Waals surface area (Å²) in [4.78, 5) is 32.9. The van der Waals surface area contributed by atoms with Gasteiger partial charge in [0.25, 0.3) is 0 Å². The maximum atomic E-state index is 11.1. The number of ketones is 1. The summed E-state index contributed by atoms with van der Waals surface area (Å²) in [7, 11) is 0. The van der Waals surface area contributed by atoms with Gasteiger partial charge in [0, 0.05) is 23.1 Å². The van der Waals surface area contributed by atoms with Gasteiger partial charge >= 0.3 is 5.97 Å². The van der Waals surface area contributed by atoms with Gasteiger partial charge in [0.1, 0.15) is 22.8 Å². The number of carboxylic acid groups (broad SMARTS) is 1. The molecule has 0 heterocycles. The molecule has 0 radical (unpaired) electrons. The van der Waals surface area contributed by atoms with Crippen molar-refractivity contribution in [3.05, 3.63) is 22.3 Å². The van der Waals surface area contributed by atoms with Gasteiger partial charge in [-0.15, -0.1) is 0 Å². The Morgan fingerprint density at radius 2 is 1.79 bits per heavy atom. The van der Waals surface area contributed by atoms with Crippen molar-refractivity contribution in [1.82, 2.24) is 0 Å². The van der Waals surface area contributed by atoms with Crippen LogP contribution in [0.3, 0.4) is 0 Å². The number of aromatic hydroxyl groups is 2. The molecule has 1 aromatic rings. The summed E-state index contributed by atoms with van der Waals surface area (Å²) >= 11 is 0. The normalized spacial score (nSPS) is 10.2. The predicted octanol–water partition coefficient (Wildman–Crippen LogP) is 1.44. The first-order valence-corrected chi connectivity index (χ1v) is 5.56. The zero-order valence-electron chi connectivity index (χ0n) is 10.6. The number of aromatic carboxylic acids is 1. The minimum absolute atomic E-state index is 0.00720. The van der Waals surface area contributed by atoms with Crippen molar-refractivity contribution in [3.8, 4) is 11.5 Å². The molecule has 0 fully saturated rings. The molecule has 6 nitrogen and oxygen atoms in total. The number of carbonyl (C=O) groups excluding carboxylic acids is 2. The predicted molar refractivity (Wildman–Crippen MR) is 65.9 cm³/mol. The first-order valence-electron chi connectivity index (χ1n) is 5.56. The van der Waals surface area contributed by atoms with Crippen molar-refractivity contribution in [3.63, 3.8) is 0 Å². The molecule has 0 saturated carbocycles. The van der Waals surface area contributed by atoms with Gasteiger partial charge in [0.05, 0.1) is 0 Å². The zero-order valence-corrected chi connectivity index (χ0v) is 10.6. The van der Waals surface area contributed by atoms with E-state index in [9.17, 15) is 24.6 Å². The van der Waals surface area contributed by atoms with Crippen LogP contribution in [0.15, 0.2) is 0 Å². The Hall–Kier alpha value is -2.37. The van der Waals surface area contributed by atoms with E-state index in [0.717, 1.165) is 0 Å². The Kier molecular flexibility index (Phi) is 4.26. The molecule has 102 valence electrons. The highest BCUT2D eigenvalue weighted by Gasteiger charge is 2.25. The second-order valence-electron chi connectivity index (χ2n) is 4.21. The molecule has 0 unspecified atom stereocenters. The minimum Gasteiger partial charge on any atom is -0.507 e. The quantitative estimate of drug-likeness (QED) is 0.695. The lowest BCUT2D eigenvalue weighted by Crippen LogP contribution is -2.08. The van der Waals surface area contributed by atoms with E-state index < -0.39 is 17.3 Å². The Labute approximate surface area is 109 Å². The highest BCUT2D eigenvalue weighted by Crippen LogP contribution is 2.37. The lowest BCUT2D eigenvalue weighted by atomic mass is 9.93. The van der Waals surface area contributed by atoms with Gasteiger partial charge in [0.15, 0.2) is 6.29 Å². The van der Waals surface area contributed by atoms with Crippen LogP contribution >= 0.6 is 0 Å². The first-order chi connectivity index (χ1) is 8.81. The number of phenolic OH excluding ortho intramolecular Hbond substituents is 1. The van der Waals surface area contributed by atoms with E-state index in [0.29, 0.717) is 0 Å². The molecule has 1 rings (SSSR count). The molecule has 0 saturated heterocycles. The molecule has 0 aliphatic rings. The summed E-state index contributed by atoms with van der Waals surface area (Å²) in [5, 5.41) is 28.8. The monoisotopic (exact) mass is 266 g/mol. The number of phenols is 2. The summed E-state index contributed by atoms with van der Waals surface area (Å²) in [6, 6.07) is 0. The molecule has 3 N–H and O–H groups in total. The molecule has 19 heavy (non-hydrogen) atoms. The lowest BCUT2D eigenvalue weighted by Gasteiger charge is -2.14. The van der Waals surface area contributed by atoms with Gasteiger partial charge < -0.3 is 20.1 Å². The van der Waals surface area contributed by atoms with Gasteiger partial charge in [-0.1, -0.05) is 0 Å². The number of Topliss-reactive ketones (excluding diaryl/α,β-unsaturated/α-hetero) is 1. The summed E-state index contributed by atoms with van der Waals surface area (Å²) in [6.45, 7) is 2.72. The van der Waals surface area contributed by atoms with Crippen LogP contribution < -0.4 is 0 Å². The molecule has 0 atom stereocenters. The fraction of sp³-hybridized carbons (Fsp3) is 0.308. The van der Waals surface area contributed by atoms with E-state index in [4.69, 9.17) is 5.11 Å². The Morgan fingerprint density at radius 3 is 2.21 bits per heavy atom. The third-order valence-corrected chi connectivity index (χ3v) is 2.90. The minimum atomic E-state index is -1.47. The average Bonchev–Trinajstić information content (AvgIpc) is 2.32. The average molecular weight is 266 g/mol. The maximum absolute atomic E-state index is 11.1. The van der Waals surface area contributed by atoms with Crippen LogP contribution in [0.4, 0.5) is 0 Å². The lowest BCUT2D eigenvalue weighted by molar-refractivity contribution is -0.116. The smallest absolute Gasteiger partial charge is 0.340 e. The molecule has 0 spiro atoms. The summed E-state index contributed by atoms with van der Waals surface area (Å²) < 4.78 is 0. The van der Waals surface area contributed by atoms with E-state index in [1.165, 1.54) is 13.8 Å². The number of rotatable bonds is 5. The van der Waals surface area contributed by atoms with Crippen LogP contribution in [0, 0.1) is 6.92 Å². The van der Waals surface area contributed by atoms with Crippen molar-refractivity contribution < 1.29 is 29.7 Å². The molecule has 0 bridgehead atoms. The van der Waals surface area contributed by atoms with Crippen LogP contribution in [-0.4, -0.2) is 33.4 Å². The summed E-state index contributed by atoms with van der Waals surface area (Å²) in [5.41, 5.74) is -0.780. The van der Waals surface area contributed by atoms with E-state index >= 15 is 0 Å². The third-order valence-electron chi connectivity index (χ3n) is 2.90.